The summed E-state index contributed by atoms with van der Waals surface area (Å²) in [5.74, 6) is 5.69. The molecule has 3 N–H and O–H groups in total. The summed E-state index contributed by atoms with van der Waals surface area (Å²) in [6.45, 7) is 0. The van der Waals surface area contributed by atoms with E-state index >= 15 is 0 Å². The topological polar surface area (TPSA) is 47.3 Å². The average molecular weight is 325 g/mol. The maximum absolute atomic E-state index is 14.1. The molecule has 19 heavy (non-hydrogen) atoms. The Kier molecular flexibility index (Phi) is 4.52. The van der Waals surface area contributed by atoms with E-state index in [1.54, 1.807) is 12.1 Å². The van der Waals surface area contributed by atoms with Gasteiger partial charge in [-0.2, -0.15) is 0 Å². The van der Waals surface area contributed by atoms with Crippen molar-refractivity contribution in [2.24, 2.45) is 5.84 Å². The van der Waals surface area contributed by atoms with E-state index < -0.39 is 6.04 Å². The van der Waals surface area contributed by atoms with Crippen molar-refractivity contribution in [2.75, 3.05) is 7.11 Å². The summed E-state index contributed by atoms with van der Waals surface area (Å²) in [5, 5.41) is 0. The third-order valence-corrected chi connectivity index (χ3v) is 3.62. The number of ether oxygens (including phenoxy) is 1. The number of hydrazine groups is 1. The molecule has 2 aromatic carbocycles. The number of benzene rings is 2. The summed E-state index contributed by atoms with van der Waals surface area (Å²) in [4.78, 5) is 0. The largest absolute Gasteiger partial charge is 0.497 e. The molecule has 0 saturated heterocycles. The maximum atomic E-state index is 14.1. The van der Waals surface area contributed by atoms with Crippen LogP contribution in [0.25, 0.3) is 0 Å². The molecule has 0 aliphatic heterocycles. The second-order valence-electron chi connectivity index (χ2n) is 4.01. The van der Waals surface area contributed by atoms with Gasteiger partial charge in [0.05, 0.1) is 13.2 Å². The number of rotatable bonds is 4. The van der Waals surface area contributed by atoms with Gasteiger partial charge in [-0.1, -0.05) is 40.2 Å². The molecule has 1 unspecified atom stereocenters. The van der Waals surface area contributed by atoms with Crippen molar-refractivity contribution in [3.63, 3.8) is 0 Å². The summed E-state index contributed by atoms with van der Waals surface area (Å²) < 4.78 is 20.0. The molecule has 0 aliphatic rings. The molecule has 2 aromatic rings. The summed E-state index contributed by atoms with van der Waals surface area (Å²) in [7, 11) is 1.50. The monoisotopic (exact) mass is 324 g/mol. The van der Waals surface area contributed by atoms with Gasteiger partial charge < -0.3 is 4.74 Å². The second kappa shape index (κ2) is 6.14. The van der Waals surface area contributed by atoms with Crippen molar-refractivity contribution in [1.29, 1.82) is 0 Å². The van der Waals surface area contributed by atoms with Crippen molar-refractivity contribution < 1.29 is 9.13 Å². The Morgan fingerprint density at radius 3 is 2.53 bits per heavy atom. The Balaban J connectivity index is 2.46. The lowest BCUT2D eigenvalue weighted by molar-refractivity contribution is 0.410. The van der Waals surface area contributed by atoms with Crippen LogP contribution in [0.2, 0.25) is 0 Å². The van der Waals surface area contributed by atoms with Crippen LogP contribution in [0.3, 0.4) is 0 Å². The Bertz CT molecular complexity index is 577. The fourth-order valence-electron chi connectivity index (χ4n) is 1.93. The molecular formula is C14H14BrFN2O. The zero-order chi connectivity index (χ0) is 13.8. The minimum atomic E-state index is -0.429. The highest BCUT2D eigenvalue weighted by atomic mass is 79.9. The molecule has 0 spiro atoms. The van der Waals surface area contributed by atoms with Gasteiger partial charge in [-0.3, -0.25) is 5.84 Å². The van der Waals surface area contributed by atoms with Gasteiger partial charge in [0.2, 0.25) is 0 Å². The minimum absolute atomic E-state index is 0.363. The molecule has 0 amide bonds. The quantitative estimate of drug-likeness (QED) is 0.671. The van der Waals surface area contributed by atoms with Crippen molar-refractivity contribution >= 4 is 15.9 Å². The predicted octanol–water partition coefficient (Wildman–Crippen LogP) is 3.15. The van der Waals surface area contributed by atoms with Gasteiger partial charge in [-0.05, 0) is 17.7 Å². The average Bonchev–Trinajstić information content (AvgIpc) is 2.43. The van der Waals surface area contributed by atoms with Crippen LogP contribution in [0.4, 0.5) is 4.39 Å². The third kappa shape index (κ3) is 2.94. The van der Waals surface area contributed by atoms with E-state index in [0.717, 1.165) is 10.0 Å². The highest BCUT2D eigenvalue weighted by Crippen LogP contribution is 2.30. The van der Waals surface area contributed by atoms with Crippen LogP contribution in [0.5, 0.6) is 5.75 Å². The SMILES string of the molecule is COc1ccc(C(NN)c2ccccc2Br)c(F)c1. The molecule has 0 fully saturated rings. The first-order chi connectivity index (χ1) is 9.17. The summed E-state index contributed by atoms with van der Waals surface area (Å²) >= 11 is 3.45. The van der Waals surface area contributed by atoms with Gasteiger partial charge in [-0.25, -0.2) is 9.82 Å². The molecule has 0 heterocycles. The molecule has 3 nitrogen and oxygen atoms in total. The summed E-state index contributed by atoms with van der Waals surface area (Å²) in [6, 6.07) is 11.8. The van der Waals surface area contributed by atoms with Crippen LogP contribution >= 0.6 is 15.9 Å². The van der Waals surface area contributed by atoms with Gasteiger partial charge in [0.15, 0.2) is 0 Å². The van der Waals surface area contributed by atoms with Crippen LogP contribution in [0, 0.1) is 5.82 Å². The summed E-state index contributed by atoms with van der Waals surface area (Å²) in [6.07, 6.45) is 0. The number of methoxy groups -OCH3 is 1. The number of nitrogens with two attached hydrogens (primary N) is 1. The predicted molar refractivity (Wildman–Crippen MR) is 76.3 cm³/mol. The zero-order valence-corrected chi connectivity index (χ0v) is 11.9. The van der Waals surface area contributed by atoms with E-state index in [1.807, 2.05) is 24.3 Å². The van der Waals surface area contributed by atoms with Crippen molar-refractivity contribution in [3.8, 4) is 5.75 Å². The first-order valence-electron chi connectivity index (χ1n) is 5.71. The Morgan fingerprint density at radius 1 is 1.21 bits per heavy atom. The molecule has 0 saturated carbocycles. The van der Waals surface area contributed by atoms with Gasteiger partial charge in [-0.15, -0.1) is 0 Å². The van der Waals surface area contributed by atoms with Gasteiger partial charge in [0.1, 0.15) is 11.6 Å². The molecule has 0 aliphatic carbocycles. The number of hydrogen-bond acceptors (Lipinski definition) is 3. The van der Waals surface area contributed by atoms with Gasteiger partial charge in [0, 0.05) is 16.1 Å². The lowest BCUT2D eigenvalue weighted by Crippen LogP contribution is -2.29. The van der Waals surface area contributed by atoms with E-state index in [-0.39, 0.29) is 5.82 Å². The van der Waals surface area contributed by atoms with E-state index in [1.165, 1.54) is 13.2 Å². The van der Waals surface area contributed by atoms with Crippen LogP contribution in [0.1, 0.15) is 17.2 Å². The number of nitrogens with one attached hydrogen (secondary N) is 1. The van der Waals surface area contributed by atoms with Crippen LogP contribution < -0.4 is 16.0 Å². The van der Waals surface area contributed by atoms with E-state index in [4.69, 9.17) is 10.6 Å². The van der Waals surface area contributed by atoms with Crippen molar-refractivity contribution in [1.82, 2.24) is 5.43 Å². The molecular weight excluding hydrogens is 311 g/mol. The van der Waals surface area contributed by atoms with Gasteiger partial charge in [0.25, 0.3) is 0 Å². The van der Waals surface area contributed by atoms with E-state index in [9.17, 15) is 4.39 Å². The molecule has 5 heteroatoms. The van der Waals surface area contributed by atoms with E-state index in [2.05, 4.69) is 21.4 Å². The highest BCUT2D eigenvalue weighted by molar-refractivity contribution is 9.10. The Hall–Kier alpha value is -1.43. The summed E-state index contributed by atoms with van der Waals surface area (Å²) in [5.41, 5.74) is 3.98. The lowest BCUT2D eigenvalue weighted by atomic mass is 9.99. The number of hydrogen-bond donors (Lipinski definition) is 2. The van der Waals surface area contributed by atoms with Gasteiger partial charge >= 0.3 is 0 Å². The molecule has 1 atom stereocenters. The molecule has 2 rings (SSSR count). The highest BCUT2D eigenvalue weighted by Gasteiger charge is 2.19. The maximum Gasteiger partial charge on any atom is 0.132 e. The lowest BCUT2D eigenvalue weighted by Gasteiger charge is -2.19. The first kappa shape index (κ1) is 14.0. The number of halogens is 2. The van der Waals surface area contributed by atoms with Crippen molar-refractivity contribution in [3.05, 3.63) is 63.9 Å². The Labute approximate surface area is 119 Å². The second-order valence-corrected chi connectivity index (χ2v) is 4.86. The standard InChI is InChI=1S/C14H14BrFN2O/c1-19-9-6-7-11(13(16)8-9)14(18-17)10-4-2-3-5-12(10)15/h2-8,14,18H,17H2,1H3. The van der Waals surface area contributed by atoms with E-state index in [0.29, 0.717) is 11.3 Å². The molecule has 0 bridgehead atoms. The van der Waals surface area contributed by atoms with Crippen LogP contribution in [0.15, 0.2) is 46.9 Å². The molecule has 0 radical (unpaired) electrons. The molecule has 100 valence electrons. The van der Waals surface area contributed by atoms with Crippen molar-refractivity contribution in [2.45, 2.75) is 6.04 Å². The molecule has 0 aromatic heterocycles. The first-order valence-corrected chi connectivity index (χ1v) is 6.50. The zero-order valence-electron chi connectivity index (χ0n) is 10.4. The van der Waals surface area contributed by atoms with Crippen LogP contribution in [-0.2, 0) is 0 Å². The fourth-order valence-corrected chi connectivity index (χ4v) is 2.44. The fraction of sp³-hybridized carbons (Fsp3) is 0.143. The third-order valence-electron chi connectivity index (χ3n) is 2.90. The smallest absolute Gasteiger partial charge is 0.132 e. The normalized spacial score (nSPS) is 12.2. The van der Waals surface area contributed by atoms with Crippen LogP contribution in [-0.4, -0.2) is 7.11 Å². The minimum Gasteiger partial charge on any atom is -0.497 e. The Morgan fingerprint density at radius 2 is 1.95 bits per heavy atom.